The molecule has 1 heterocycles. The van der Waals surface area contributed by atoms with E-state index >= 15 is 0 Å². The Morgan fingerprint density at radius 1 is 1.06 bits per heavy atom. The molecule has 1 aromatic heterocycles. The summed E-state index contributed by atoms with van der Waals surface area (Å²) < 4.78 is 5.49. The maximum Gasteiger partial charge on any atom is 0.226 e. The molecule has 0 unspecified atom stereocenters. The normalized spacial score (nSPS) is 9.50. The molecule has 0 fully saturated rings. The van der Waals surface area contributed by atoms with Crippen LogP contribution in [-0.4, -0.2) is 19.1 Å². The molecule has 2 aromatic rings. The molecule has 86 valence electrons. The van der Waals surface area contributed by atoms with Crippen LogP contribution in [0, 0.1) is 13.8 Å². The van der Waals surface area contributed by atoms with Gasteiger partial charge in [0.2, 0.25) is 5.89 Å². The number of nitrogens with one attached hydrogen (secondary N) is 1. The van der Waals surface area contributed by atoms with Gasteiger partial charge < -0.3 is 9.73 Å². The largest absolute Gasteiger partial charge is 0.441 e. The van der Waals surface area contributed by atoms with Crippen molar-refractivity contribution in [2.75, 3.05) is 14.1 Å². The van der Waals surface area contributed by atoms with Crippen molar-refractivity contribution in [2.24, 2.45) is 0 Å². The second-order valence-corrected chi connectivity index (χ2v) is 3.53. The highest BCUT2D eigenvalue weighted by atomic mass is 16.4. The highest BCUT2D eigenvalue weighted by Crippen LogP contribution is 2.20. The molecule has 0 amide bonds. The van der Waals surface area contributed by atoms with Crippen LogP contribution >= 0.6 is 0 Å². The fraction of sp³-hybridized carbons (Fsp3) is 0.308. The standard InChI is InChI=1S/C11H11NO.C2H7N/c1-8-9(2)13-11(12-8)10-6-4-3-5-7-10;1-3-2/h3-7H,1-2H3;3H,1-2H3. The zero-order chi connectivity index (χ0) is 12.0. The van der Waals surface area contributed by atoms with E-state index < -0.39 is 0 Å². The van der Waals surface area contributed by atoms with Gasteiger partial charge in [-0.25, -0.2) is 4.98 Å². The Morgan fingerprint density at radius 3 is 2.06 bits per heavy atom. The predicted molar refractivity (Wildman–Crippen MR) is 66.4 cm³/mol. The van der Waals surface area contributed by atoms with E-state index in [4.69, 9.17) is 4.42 Å². The van der Waals surface area contributed by atoms with Gasteiger partial charge in [0.1, 0.15) is 5.76 Å². The topological polar surface area (TPSA) is 38.1 Å². The Morgan fingerprint density at radius 2 is 1.62 bits per heavy atom. The molecule has 0 atom stereocenters. The minimum absolute atomic E-state index is 0.704. The molecule has 2 rings (SSSR count). The van der Waals surface area contributed by atoms with Gasteiger partial charge in [-0.3, -0.25) is 0 Å². The number of hydrogen-bond acceptors (Lipinski definition) is 3. The van der Waals surface area contributed by atoms with Crippen molar-refractivity contribution in [1.29, 1.82) is 0 Å². The fourth-order valence-corrected chi connectivity index (χ4v) is 1.18. The molecule has 0 spiro atoms. The summed E-state index contributed by atoms with van der Waals surface area (Å²) in [6.45, 7) is 3.88. The van der Waals surface area contributed by atoms with Gasteiger partial charge in [-0.2, -0.15) is 0 Å². The molecular weight excluding hydrogens is 200 g/mol. The van der Waals surface area contributed by atoms with Crippen LogP contribution in [0.2, 0.25) is 0 Å². The predicted octanol–water partition coefficient (Wildman–Crippen LogP) is 2.79. The summed E-state index contributed by atoms with van der Waals surface area (Å²) in [5, 5.41) is 2.75. The molecule has 3 nitrogen and oxygen atoms in total. The van der Waals surface area contributed by atoms with Crippen molar-refractivity contribution in [3.8, 4) is 11.5 Å². The molecule has 0 aliphatic carbocycles. The van der Waals surface area contributed by atoms with Crippen LogP contribution in [-0.2, 0) is 0 Å². The number of aromatic nitrogens is 1. The quantitative estimate of drug-likeness (QED) is 0.799. The fourth-order valence-electron chi connectivity index (χ4n) is 1.18. The molecule has 1 aromatic carbocycles. The number of aryl methyl sites for hydroxylation is 2. The first-order chi connectivity index (χ1) is 7.69. The SMILES string of the molecule is CNC.Cc1nc(-c2ccccc2)oc1C. The van der Waals surface area contributed by atoms with E-state index in [0.717, 1.165) is 17.0 Å². The van der Waals surface area contributed by atoms with Gasteiger partial charge in [-0.15, -0.1) is 0 Å². The third-order valence-corrected chi connectivity index (χ3v) is 2.05. The average molecular weight is 218 g/mol. The Labute approximate surface area is 96.5 Å². The monoisotopic (exact) mass is 218 g/mol. The van der Waals surface area contributed by atoms with Crippen molar-refractivity contribution in [3.63, 3.8) is 0 Å². The summed E-state index contributed by atoms with van der Waals surface area (Å²) in [5.41, 5.74) is 1.98. The summed E-state index contributed by atoms with van der Waals surface area (Å²) >= 11 is 0. The first kappa shape index (κ1) is 12.5. The van der Waals surface area contributed by atoms with Crippen LogP contribution in [0.25, 0.3) is 11.5 Å². The second kappa shape index (κ2) is 6.08. The molecule has 16 heavy (non-hydrogen) atoms. The van der Waals surface area contributed by atoms with Crippen LogP contribution in [0.5, 0.6) is 0 Å². The Hall–Kier alpha value is -1.61. The number of nitrogens with zero attached hydrogens (tertiary/aromatic N) is 1. The Kier molecular flexibility index (Phi) is 4.73. The lowest BCUT2D eigenvalue weighted by Crippen LogP contribution is -1.89. The zero-order valence-electron chi connectivity index (χ0n) is 10.2. The molecule has 0 bridgehead atoms. The van der Waals surface area contributed by atoms with Crippen LogP contribution in [0.15, 0.2) is 34.7 Å². The van der Waals surface area contributed by atoms with Gasteiger partial charge >= 0.3 is 0 Å². The van der Waals surface area contributed by atoms with Crippen LogP contribution < -0.4 is 5.32 Å². The number of benzene rings is 1. The molecule has 0 aliphatic heterocycles. The van der Waals surface area contributed by atoms with Gasteiger partial charge in [0, 0.05) is 5.56 Å². The average Bonchev–Trinajstić information content (AvgIpc) is 2.62. The van der Waals surface area contributed by atoms with Gasteiger partial charge in [-0.05, 0) is 40.1 Å². The van der Waals surface area contributed by atoms with Gasteiger partial charge in [-0.1, -0.05) is 18.2 Å². The minimum atomic E-state index is 0.704. The highest BCUT2D eigenvalue weighted by molar-refractivity contribution is 5.53. The van der Waals surface area contributed by atoms with E-state index in [1.807, 2.05) is 58.3 Å². The Bertz CT molecular complexity index is 401. The zero-order valence-corrected chi connectivity index (χ0v) is 10.2. The molecule has 0 saturated carbocycles. The second-order valence-electron chi connectivity index (χ2n) is 3.53. The lowest BCUT2D eigenvalue weighted by molar-refractivity contribution is 0.541. The van der Waals surface area contributed by atoms with E-state index in [1.54, 1.807) is 0 Å². The summed E-state index contributed by atoms with van der Waals surface area (Å²) in [4.78, 5) is 4.31. The van der Waals surface area contributed by atoms with E-state index in [0.29, 0.717) is 5.89 Å². The summed E-state index contributed by atoms with van der Waals surface area (Å²) in [6.07, 6.45) is 0. The summed E-state index contributed by atoms with van der Waals surface area (Å²) in [5.74, 6) is 1.59. The van der Waals surface area contributed by atoms with Crippen molar-refractivity contribution in [3.05, 3.63) is 41.8 Å². The van der Waals surface area contributed by atoms with E-state index in [9.17, 15) is 0 Å². The van der Waals surface area contributed by atoms with E-state index in [1.165, 1.54) is 0 Å². The maximum absolute atomic E-state index is 5.49. The molecule has 0 saturated heterocycles. The number of rotatable bonds is 1. The first-order valence-corrected chi connectivity index (χ1v) is 5.27. The minimum Gasteiger partial charge on any atom is -0.441 e. The molecule has 0 radical (unpaired) electrons. The third kappa shape index (κ3) is 3.21. The van der Waals surface area contributed by atoms with Crippen LogP contribution in [0.4, 0.5) is 0 Å². The third-order valence-electron chi connectivity index (χ3n) is 2.05. The van der Waals surface area contributed by atoms with E-state index in [2.05, 4.69) is 10.3 Å². The number of hydrogen-bond donors (Lipinski definition) is 1. The van der Waals surface area contributed by atoms with Crippen molar-refractivity contribution in [1.82, 2.24) is 10.3 Å². The van der Waals surface area contributed by atoms with Gasteiger partial charge in [0.25, 0.3) is 0 Å². The van der Waals surface area contributed by atoms with E-state index in [-0.39, 0.29) is 0 Å². The van der Waals surface area contributed by atoms with Crippen molar-refractivity contribution < 1.29 is 4.42 Å². The lowest BCUT2D eigenvalue weighted by Gasteiger charge is -1.91. The molecule has 3 heteroatoms. The van der Waals surface area contributed by atoms with Gasteiger partial charge in [0.05, 0.1) is 5.69 Å². The number of oxazole rings is 1. The maximum atomic E-state index is 5.49. The molecule has 0 aliphatic rings. The van der Waals surface area contributed by atoms with Crippen molar-refractivity contribution in [2.45, 2.75) is 13.8 Å². The highest BCUT2D eigenvalue weighted by Gasteiger charge is 2.06. The summed E-state index contributed by atoms with van der Waals surface area (Å²) in [7, 11) is 3.75. The van der Waals surface area contributed by atoms with Crippen molar-refractivity contribution >= 4 is 0 Å². The van der Waals surface area contributed by atoms with Gasteiger partial charge in [0.15, 0.2) is 0 Å². The first-order valence-electron chi connectivity index (χ1n) is 5.27. The Balaban J connectivity index is 0.000000386. The molecule has 1 N–H and O–H groups in total. The van der Waals surface area contributed by atoms with Crippen LogP contribution in [0.3, 0.4) is 0 Å². The lowest BCUT2D eigenvalue weighted by atomic mass is 10.2. The van der Waals surface area contributed by atoms with Crippen LogP contribution in [0.1, 0.15) is 11.5 Å². The molecular formula is C13H18N2O. The smallest absolute Gasteiger partial charge is 0.226 e. The summed E-state index contributed by atoms with van der Waals surface area (Å²) in [6, 6.07) is 9.91.